The zero-order chi connectivity index (χ0) is 17.5. The Labute approximate surface area is 144 Å². The average Bonchev–Trinajstić information content (AvgIpc) is 2.40. The van der Waals surface area contributed by atoms with Crippen LogP contribution < -0.4 is 0 Å². The topological polar surface area (TPSA) is 46.6 Å². The van der Waals surface area contributed by atoms with Crippen LogP contribution in [0.25, 0.3) is 0 Å². The number of ether oxygens (including phenoxy) is 1. The molecule has 1 heterocycles. The predicted octanol–water partition coefficient (Wildman–Crippen LogP) is 4.39. The number of Topliss-reactive ketones (excluding diaryl/α,β-unsaturated/α-hetero) is 1. The third kappa shape index (κ3) is 3.33. The lowest BCUT2D eigenvalue weighted by Gasteiger charge is -2.46. The molecule has 1 aromatic carbocycles. The van der Waals surface area contributed by atoms with Gasteiger partial charge in [-0.05, 0) is 52.0 Å². The number of nitrogens with zero attached hydrogens (tertiary/aromatic N) is 1. The summed E-state index contributed by atoms with van der Waals surface area (Å²) in [7, 11) is 0. The second-order valence-electron chi connectivity index (χ2n) is 8.48. The van der Waals surface area contributed by atoms with E-state index in [0.29, 0.717) is 19.0 Å². The Morgan fingerprint density at radius 3 is 2.17 bits per heavy atom. The summed E-state index contributed by atoms with van der Waals surface area (Å²) in [4.78, 5) is 26.4. The quantitative estimate of drug-likeness (QED) is 0.773. The summed E-state index contributed by atoms with van der Waals surface area (Å²) in [5, 5.41) is 0. The lowest BCUT2D eigenvalue weighted by molar-refractivity contribution is -0.0197. The first-order chi connectivity index (χ1) is 11.2. The molecule has 4 heteroatoms. The number of hydrogen-bond acceptors (Lipinski definition) is 3. The maximum atomic E-state index is 12.8. The molecule has 1 saturated carbocycles. The van der Waals surface area contributed by atoms with Gasteiger partial charge in [-0.25, -0.2) is 4.79 Å². The summed E-state index contributed by atoms with van der Waals surface area (Å²) in [6.07, 6.45) is 3.49. The molecule has 0 atom stereocenters. The first kappa shape index (κ1) is 17.0. The molecule has 2 aliphatic rings. The Balaban J connectivity index is 1.60. The third-order valence-corrected chi connectivity index (χ3v) is 5.03. The summed E-state index contributed by atoms with van der Waals surface area (Å²) in [6, 6.07) is 8.06. The second-order valence-corrected chi connectivity index (χ2v) is 8.48. The molecule has 0 unspecified atom stereocenters. The smallest absolute Gasteiger partial charge is 0.410 e. The van der Waals surface area contributed by atoms with Crippen molar-refractivity contribution in [1.82, 2.24) is 4.90 Å². The third-order valence-electron chi connectivity index (χ3n) is 5.03. The second kappa shape index (κ2) is 5.91. The van der Waals surface area contributed by atoms with Crippen molar-refractivity contribution < 1.29 is 14.3 Å². The van der Waals surface area contributed by atoms with Crippen LogP contribution in [0.15, 0.2) is 24.3 Å². The fourth-order valence-corrected chi connectivity index (χ4v) is 3.39. The average molecular weight is 329 g/mol. The van der Waals surface area contributed by atoms with Gasteiger partial charge in [0.1, 0.15) is 5.60 Å². The van der Waals surface area contributed by atoms with Crippen molar-refractivity contribution in [1.29, 1.82) is 0 Å². The molecule has 3 rings (SSSR count). The highest BCUT2D eigenvalue weighted by Crippen LogP contribution is 2.38. The summed E-state index contributed by atoms with van der Waals surface area (Å²) in [5.74, 6) is 0.790. The molecule has 2 fully saturated rings. The largest absolute Gasteiger partial charge is 0.444 e. The maximum Gasteiger partial charge on any atom is 0.410 e. The van der Waals surface area contributed by atoms with Gasteiger partial charge in [0.05, 0.1) is 5.41 Å². The molecule has 1 aliphatic carbocycles. The molecule has 0 radical (unpaired) electrons. The number of likely N-dealkylation sites (tertiary alicyclic amines) is 1. The summed E-state index contributed by atoms with van der Waals surface area (Å²) >= 11 is 0. The maximum absolute atomic E-state index is 12.8. The molecule has 24 heavy (non-hydrogen) atoms. The van der Waals surface area contributed by atoms with Gasteiger partial charge in [-0.1, -0.05) is 30.7 Å². The van der Waals surface area contributed by atoms with Gasteiger partial charge in [-0.15, -0.1) is 0 Å². The Morgan fingerprint density at radius 1 is 1.12 bits per heavy atom. The zero-order valence-corrected chi connectivity index (χ0v) is 15.1. The first-order valence-electron chi connectivity index (χ1n) is 8.81. The predicted molar refractivity (Wildman–Crippen MR) is 93.3 cm³/mol. The van der Waals surface area contributed by atoms with Crippen LogP contribution in [0, 0.1) is 5.41 Å². The van der Waals surface area contributed by atoms with Crippen LogP contribution in [0.2, 0.25) is 0 Å². The highest BCUT2D eigenvalue weighted by Gasteiger charge is 2.48. The molecule has 0 spiro atoms. The molecule has 0 aromatic heterocycles. The van der Waals surface area contributed by atoms with E-state index in [4.69, 9.17) is 4.74 Å². The van der Waals surface area contributed by atoms with Gasteiger partial charge >= 0.3 is 6.09 Å². The minimum atomic E-state index is -0.509. The van der Waals surface area contributed by atoms with Crippen molar-refractivity contribution in [3.05, 3.63) is 35.4 Å². The lowest BCUT2D eigenvalue weighted by atomic mass is 9.75. The van der Waals surface area contributed by atoms with E-state index in [0.717, 1.165) is 5.56 Å². The normalized spacial score (nSPS) is 20.1. The van der Waals surface area contributed by atoms with Crippen molar-refractivity contribution in [2.24, 2.45) is 5.41 Å². The van der Waals surface area contributed by atoms with Gasteiger partial charge in [0.2, 0.25) is 0 Å². The van der Waals surface area contributed by atoms with Crippen LogP contribution in [-0.4, -0.2) is 35.5 Å². The lowest BCUT2D eigenvalue weighted by Crippen LogP contribution is -2.61. The fourth-order valence-electron chi connectivity index (χ4n) is 3.39. The van der Waals surface area contributed by atoms with E-state index >= 15 is 0 Å². The van der Waals surface area contributed by atoms with E-state index in [-0.39, 0.29) is 11.9 Å². The van der Waals surface area contributed by atoms with E-state index < -0.39 is 11.0 Å². The van der Waals surface area contributed by atoms with Crippen molar-refractivity contribution in [3.63, 3.8) is 0 Å². The number of benzene rings is 1. The zero-order valence-electron chi connectivity index (χ0n) is 15.1. The minimum Gasteiger partial charge on any atom is -0.444 e. The number of rotatable bonds is 3. The Morgan fingerprint density at radius 2 is 1.71 bits per heavy atom. The van der Waals surface area contributed by atoms with Crippen LogP contribution in [-0.2, 0) is 4.74 Å². The highest BCUT2D eigenvalue weighted by molar-refractivity contribution is 6.02. The van der Waals surface area contributed by atoms with Crippen molar-refractivity contribution in [2.45, 2.75) is 58.5 Å². The standard InChI is InChI=1S/C20H27NO3/c1-19(2,3)24-18(23)21-12-20(4,13-21)17(22)16-10-8-15(9-11-16)14-6-5-7-14/h8-11,14H,5-7,12-13H2,1-4H3. The van der Waals surface area contributed by atoms with Crippen LogP contribution in [0.3, 0.4) is 0 Å². The number of hydrogen-bond donors (Lipinski definition) is 0. The van der Waals surface area contributed by atoms with Gasteiger partial charge < -0.3 is 9.64 Å². The van der Waals surface area contributed by atoms with Crippen LogP contribution in [0.1, 0.15) is 68.8 Å². The SMILES string of the molecule is CC(C)(C)OC(=O)N1CC(C)(C(=O)c2ccc(C3CCC3)cc2)C1. The first-order valence-corrected chi connectivity index (χ1v) is 8.81. The molecule has 130 valence electrons. The number of amides is 1. The molecule has 0 bridgehead atoms. The van der Waals surface area contributed by atoms with E-state index in [1.165, 1.54) is 24.8 Å². The van der Waals surface area contributed by atoms with E-state index in [1.807, 2.05) is 39.8 Å². The summed E-state index contributed by atoms with van der Waals surface area (Å²) in [6.45, 7) is 8.31. The van der Waals surface area contributed by atoms with Gasteiger partial charge in [0.15, 0.2) is 5.78 Å². The Bertz CT molecular complexity index is 632. The minimum absolute atomic E-state index is 0.113. The molecule has 1 aliphatic heterocycles. The van der Waals surface area contributed by atoms with Crippen LogP contribution in [0.4, 0.5) is 4.79 Å². The van der Waals surface area contributed by atoms with Gasteiger partial charge in [0.25, 0.3) is 0 Å². The molecule has 1 amide bonds. The van der Waals surface area contributed by atoms with Crippen molar-refractivity contribution in [2.75, 3.05) is 13.1 Å². The van der Waals surface area contributed by atoms with E-state index in [2.05, 4.69) is 12.1 Å². The Hall–Kier alpha value is -1.84. The van der Waals surface area contributed by atoms with Gasteiger partial charge in [0, 0.05) is 18.7 Å². The monoisotopic (exact) mass is 329 g/mol. The van der Waals surface area contributed by atoms with E-state index in [1.54, 1.807) is 4.90 Å². The summed E-state index contributed by atoms with van der Waals surface area (Å²) in [5.41, 5.74) is 1.07. The number of carbonyl (C=O) groups excluding carboxylic acids is 2. The van der Waals surface area contributed by atoms with Gasteiger partial charge in [-0.3, -0.25) is 4.79 Å². The number of carbonyl (C=O) groups is 2. The highest BCUT2D eigenvalue weighted by atomic mass is 16.6. The van der Waals surface area contributed by atoms with E-state index in [9.17, 15) is 9.59 Å². The molecular formula is C20H27NO3. The van der Waals surface area contributed by atoms with Crippen molar-refractivity contribution >= 4 is 11.9 Å². The number of ketones is 1. The van der Waals surface area contributed by atoms with Crippen LogP contribution in [0.5, 0.6) is 0 Å². The van der Waals surface area contributed by atoms with Crippen LogP contribution >= 0.6 is 0 Å². The molecular weight excluding hydrogens is 302 g/mol. The molecule has 1 aromatic rings. The Kier molecular flexibility index (Phi) is 4.18. The molecule has 1 saturated heterocycles. The van der Waals surface area contributed by atoms with Crippen molar-refractivity contribution in [3.8, 4) is 0 Å². The fraction of sp³-hybridized carbons (Fsp3) is 0.600. The molecule has 4 nitrogen and oxygen atoms in total. The summed E-state index contributed by atoms with van der Waals surface area (Å²) < 4.78 is 5.36. The molecule has 0 N–H and O–H groups in total. The van der Waals surface area contributed by atoms with Gasteiger partial charge in [-0.2, -0.15) is 0 Å².